The molecule has 0 radical (unpaired) electrons. The number of para-hydroxylation sites is 1. The van der Waals surface area contributed by atoms with Gasteiger partial charge in [0.15, 0.2) is 0 Å². The molecule has 0 spiro atoms. The predicted molar refractivity (Wildman–Crippen MR) is 79.4 cm³/mol. The topological polar surface area (TPSA) is 86.1 Å². The Morgan fingerprint density at radius 2 is 1.82 bits per heavy atom. The summed E-state index contributed by atoms with van der Waals surface area (Å²) >= 11 is 0. The summed E-state index contributed by atoms with van der Waals surface area (Å²) in [5, 5.41) is 10.5. The Morgan fingerprint density at radius 3 is 2.55 bits per heavy atom. The van der Waals surface area contributed by atoms with E-state index >= 15 is 0 Å². The number of rotatable bonds is 4. The van der Waals surface area contributed by atoms with Crippen LogP contribution in [0.25, 0.3) is 11.0 Å². The van der Waals surface area contributed by atoms with E-state index in [1.807, 2.05) is 0 Å². The Hall–Kier alpha value is -3.22. The van der Waals surface area contributed by atoms with Crippen LogP contribution in [0, 0.1) is 0 Å². The molecule has 0 aliphatic rings. The lowest BCUT2D eigenvalue weighted by Gasteiger charge is -2.04. The molecule has 110 valence electrons. The van der Waals surface area contributed by atoms with Crippen molar-refractivity contribution < 1.29 is 14.4 Å². The van der Waals surface area contributed by atoms with Gasteiger partial charge >= 0.3 is 5.97 Å². The van der Waals surface area contributed by atoms with Crippen molar-refractivity contribution in [1.29, 1.82) is 0 Å². The van der Waals surface area contributed by atoms with Crippen LogP contribution < -0.4 is 10.2 Å². The normalized spacial score (nSPS) is 10.4. The number of anilines is 1. The van der Waals surface area contributed by atoms with E-state index in [0.717, 1.165) is 10.5 Å². The van der Waals surface area contributed by atoms with Crippen molar-refractivity contribution in [2.75, 3.05) is 12.4 Å². The summed E-state index contributed by atoms with van der Waals surface area (Å²) in [6.07, 6.45) is 0. The van der Waals surface area contributed by atoms with Gasteiger partial charge in [-0.2, -0.15) is 0 Å². The number of ketones is 1. The van der Waals surface area contributed by atoms with Crippen LogP contribution in [0.1, 0.15) is 10.4 Å². The summed E-state index contributed by atoms with van der Waals surface area (Å²) in [5.41, 5.74) is 2.16. The largest absolute Gasteiger partial charge is 0.405 e. The molecule has 0 aliphatic carbocycles. The van der Waals surface area contributed by atoms with Gasteiger partial charge in [0, 0.05) is 18.3 Å². The van der Waals surface area contributed by atoms with Crippen LogP contribution in [0.15, 0.2) is 48.5 Å². The standard InChI is InChI=1S/C15H12N4O3/c1-16-11-8-6-10(7-9-11)14(20)15(21)22-19-13-5-3-2-4-12(13)17-18-19/h2-9,16H,1H3. The molecule has 2 aromatic carbocycles. The minimum atomic E-state index is -1.02. The van der Waals surface area contributed by atoms with Crippen molar-refractivity contribution in [3.63, 3.8) is 0 Å². The van der Waals surface area contributed by atoms with E-state index in [9.17, 15) is 9.59 Å². The molecule has 0 saturated carbocycles. The number of nitrogens with one attached hydrogen (secondary N) is 1. The summed E-state index contributed by atoms with van der Waals surface area (Å²) in [5.74, 6) is -1.77. The van der Waals surface area contributed by atoms with Gasteiger partial charge in [0.05, 0.1) is 0 Å². The Bertz CT molecular complexity index is 839. The number of aromatic nitrogens is 3. The third kappa shape index (κ3) is 2.51. The van der Waals surface area contributed by atoms with Gasteiger partial charge in [0.1, 0.15) is 11.0 Å². The minimum Gasteiger partial charge on any atom is -0.388 e. The van der Waals surface area contributed by atoms with Gasteiger partial charge in [-0.3, -0.25) is 4.79 Å². The number of benzene rings is 2. The molecule has 0 unspecified atom stereocenters. The first-order valence-electron chi connectivity index (χ1n) is 6.54. The van der Waals surface area contributed by atoms with Crippen LogP contribution in [0.2, 0.25) is 0 Å². The van der Waals surface area contributed by atoms with Crippen LogP contribution in [-0.2, 0) is 4.79 Å². The van der Waals surface area contributed by atoms with Gasteiger partial charge in [0.25, 0.3) is 5.78 Å². The summed E-state index contributed by atoms with van der Waals surface area (Å²) in [6.45, 7) is 0. The lowest BCUT2D eigenvalue weighted by molar-refractivity contribution is -0.139. The number of fused-ring (bicyclic) bond motifs is 1. The fraction of sp³-hybridized carbons (Fsp3) is 0.0667. The zero-order chi connectivity index (χ0) is 15.5. The molecule has 7 heteroatoms. The zero-order valence-corrected chi connectivity index (χ0v) is 11.7. The molecule has 0 fully saturated rings. The Balaban J connectivity index is 1.80. The first-order chi connectivity index (χ1) is 10.7. The highest BCUT2D eigenvalue weighted by atomic mass is 16.7. The highest BCUT2D eigenvalue weighted by Crippen LogP contribution is 2.11. The maximum atomic E-state index is 12.1. The minimum absolute atomic E-state index is 0.244. The molecular formula is C15H12N4O3. The maximum Gasteiger partial charge on any atom is 0.405 e. The molecule has 0 atom stereocenters. The smallest absolute Gasteiger partial charge is 0.388 e. The van der Waals surface area contributed by atoms with Crippen molar-refractivity contribution in [2.24, 2.45) is 0 Å². The van der Waals surface area contributed by atoms with Crippen LogP contribution in [-0.4, -0.2) is 34.0 Å². The van der Waals surface area contributed by atoms with Crippen molar-refractivity contribution in [3.8, 4) is 0 Å². The number of Topliss-reactive ketones (excluding diaryl/α,β-unsaturated/α-hetero) is 1. The first-order valence-corrected chi connectivity index (χ1v) is 6.54. The lowest BCUT2D eigenvalue weighted by Crippen LogP contribution is -2.28. The molecule has 0 saturated heterocycles. The second-order valence-electron chi connectivity index (χ2n) is 4.49. The average Bonchev–Trinajstić information content (AvgIpc) is 2.97. The number of hydrogen-bond acceptors (Lipinski definition) is 6. The highest BCUT2D eigenvalue weighted by molar-refractivity contribution is 6.40. The third-order valence-electron chi connectivity index (χ3n) is 3.11. The average molecular weight is 296 g/mol. The number of hydrogen-bond donors (Lipinski definition) is 1. The predicted octanol–water partition coefficient (Wildman–Crippen LogP) is 1.31. The zero-order valence-electron chi connectivity index (χ0n) is 11.7. The summed E-state index contributed by atoms with van der Waals surface area (Å²) < 4.78 is 0. The van der Waals surface area contributed by atoms with Gasteiger partial charge in [-0.25, -0.2) is 4.79 Å². The third-order valence-corrected chi connectivity index (χ3v) is 3.11. The molecule has 1 aromatic heterocycles. The van der Waals surface area contributed by atoms with Crippen LogP contribution in [0.4, 0.5) is 5.69 Å². The van der Waals surface area contributed by atoms with Crippen LogP contribution >= 0.6 is 0 Å². The molecule has 1 heterocycles. The first kappa shape index (κ1) is 13.7. The fourth-order valence-electron chi connectivity index (χ4n) is 1.94. The summed E-state index contributed by atoms with van der Waals surface area (Å²) in [7, 11) is 1.76. The van der Waals surface area contributed by atoms with Gasteiger partial charge in [0.2, 0.25) is 0 Å². The maximum absolute atomic E-state index is 12.1. The number of carbonyl (C=O) groups excluding carboxylic acids is 2. The molecule has 22 heavy (non-hydrogen) atoms. The van der Waals surface area contributed by atoms with E-state index in [0.29, 0.717) is 11.0 Å². The lowest BCUT2D eigenvalue weighted by atomic mass is 10.1. The van der Waals surface area contributed by atoms with Crippen molar-refractivity contribution in [2.45, 2.75) is 0 Å². The molecular weight excluding hydrogens is 284 g/mol. The van der Waals surface area contributed by atoms with E-state index in [-0.39, 0.29) is 5.56 Å². The summed E-state index contributed by atoms with van der Waals surface area (Å²) in [4.78, 5) is 29.9. The molecule has 0 amide bonds. The van der Waals surface area contributed by atoms with Crippen molar-refractivity contribution >= 4 is 28.5 Å². The molecule has 3 rings (SSSR count). The highest BCUT2D eigenvalue weighted by Gasteiger charge is 2.20. The number of carbonyl (C=O) groups is 2. The van der Waals surface area contributed by atoms with E-state index < -0.39 is 11.8 Å². The Labute approximate surface area is 125 Å². The van der Waals surface area contributed by atoms with Crippen molar-refractivity contribution in [1.82, 2.24) is 15.2 Å². The van der Waals surface area contributed by atoms with Crippen molar-refractivity contribution in [3.05, 3.63) is 54.1 Å². The fourth-order valence-corrected chi connectivity index (χ4v) is 1.94. The van der Waals surface area contributed by atoms with Gasteiger partial charge in [-0.05, 0) is 41.6 Å². The van der Waals surface area contributed by atoms with Crippen LogP contribution in [0.3, 0.4) is 0 Å². The van der Waals surface area contributed by atoms with Gasteiger partial charge < -0.3 is 10.2 Å². The van der Waals surface area contributed by atoms with E-state index in [1.54, 1.807) is 55.6 Å². The molecule has 0 bridgehead atoms. The second-order valence-corrected chi connectivity index (χ2v) is 4.49. The van der Waals surface area contributed by atoms with Crippen LogP contribution in [0.5, 0.6) is 0 Å². The van der Waals surface area contributed by atoms with E-state index in [4.69, 9.17) is 4.84 Å². The molecule has 7 nitrogen and oxygen atoms in total. The SMILES string of the molecule is CNc1ccc(C(=O)C(=O)On2nnc3ccccc32)cc1. The van der Waals surface area contributed by atoms with E-state index in [2.05, 4.69) is 15.6 Å². The van der Waals surface area contributed by atoms with Gasteiger partial charge in [-0.1, -0.05) is 17.0 Å². The van der Waals surface area contributed by atoms with Gasteiger partial charge in [-0.15, -0.1) is 5.10 Å². The molecule has 0 aliphatic heterocycles. The molecule has 3 aromatic rings. The molecule has 1 N–H and O–H groups in total. The summed E-state index contributed by atoms with van der Waals surface area (Å²) in [6, 6.07) is 13.5. The Kier molecular flexibility index (Phi) is 3.53. The van der Waals surface area contributed by atoms with E-state index in [1.165, 1.54) is 0 Å². The second kappa shape index (κ2) is 5.65. The number of nitrogens with zero attached hydrogens (tertiary/aromatic N) is 3. The Morgan fingerprint density at radius 1 is 1.09 bits per heavy atom. The monoisotopic (exact) mass is 296 g/mol. The quantitative estimate of drug-likeness (QED) is 0.444.